The van der Waals surface area contributed by atoms with Crippen molar-refractivity contribution in [3.8, 4) is 0 Å². The van der Waals surface area contributed by atoms with Crippen LogP contribution in [-0.2, 0) is 4.74 Å². The largest absolute Gasteiger partial charge is 0.380 e. The molecule has 0 rings (SSSR count). The number of nitrogens with one attached hydrogen (secondary N) is 1. The molecule has 0 fully saturated rings. The summed E-state index contributed by atoms with van der Waals surface area (Å²) in [7, 11) is 1.72. The molecular formula is C6H15NO. The van der Waals surface area contributed by atoms with E-state index in [1.807, 2.05) is 6.92 Å². The van der Waals surface area contributed by atoms with Crippen LogP contribution in [0.25, 0.3) is 0 Å². The molecule has 0 radical (unpaired) electrons. The van der Waals surface area contributed by atoms with Gasteiger partial charge in [0.05, 0.1) is 6.10 Å². The van der Waals surface area contributed by atoms with Gasteiger partial charge < -0.3 is 10.1 Å². The number of hydrogen-bond donors (Lipinski definition) is 1. The van der Waals surface area contributed by atoms with Gasteiger partial charge in [-0.15, -0.1) is 0 Å². The third-order valence-corrected chi connectivity index (χ3v) is 1.08. The smallest absolute Gasteiger partial charge is 0.0667 e. The first-order chi connectivity index (χ1) is 3.81. The van der Waals surface area contributed by atoms with Crippen LogP contribution in [0.2, 0.25) is 0 Å². The predicted octanol–water partition coefficient (Wildman–Crippen LogP) is 0.631. The average Bonchev–Trinajstić information content (AvgIpc) is 1.83. The molecule has 1 N–H and O–H groups in total. The van der Waals surface area contributed by atoms with Crippen molar-refractivity contribution in [3.05, 3.63) is 0 Å². The lowest BCUT2D eigenvalue weighted by molar-refractivity contribution is 0.118. The highest BCUT2D eigenvalue weighted by Gasteiger charge is 1.93. The minimum absolute atomic E-state index is 0.343. The maximum absolute atomic E-state index is 4.99. The van der Waals surface area contributed by atoms with Gasteiger partial charge in [-0.05, 0) is 13.5 Å². The van der Waals surface area contributed by atoms with Crippen LogP contribution in [0.5, 0.6) is 0 Å². The van der Waals surface area contributed by atoms with E-state index in [-0.39, 0.29) is 0 Å². The average molecular weight is 117 g/mol. The second-order valence-electron chi connectivity index (χ2n) is 1.85. The zero-order chi connectivity index (χ0) is 6.41. The molecule has 0 heterocycles. The van der Waals surface area contributed by atoms with Crippen molar-refractivity contribution in [1.82, 2.24) is 5.32 Å². The van der Waals surface area contributed by atoms with Gasteiger partial charge in [0.2, 0.25) is 0 Å². The van der Waals surface area contributed by atoms with Gasteiger partial charge in [-0.2, -0.15) is 0 Å². The van der Waals surface area contributed by atoms with Crippen LogP contribution in [0.3, 0.4) is 0 Å². The molecule has 8 heavy (non-hydrogen) atoms. The Hall–Kier alpha value is -0.0800. The van der Waals surface area contributed by atoms with Gasteiger partial charge in [-0.25, -0.2) is 0 Å². The van der Waals surface area contributed by atoms with Crippen molar-refractivity contribution >= 4 is 0 Å². The maximum atomic E-state index is 4.99. The van der Waals surface area contributed by atoms with Gasteiger partial charge >= 0.3 is 0 Å². The van der Waals surface area contributed by atoms with Crippen LogP contribution in [-0.4, -0.2) is 26.3 Å². The summed E-state index contributed by atoms with van der Waals surface area (Å²) in [4.78, 5) is 0. The molecule has 0 amide bonds. The third kappa shape index (κ3) is 4.09. The van der Waals surface area contributed by atoms with Crippen molar-refractivity contribution in [3.63, 3.8) is 0 Å². The lowest BCUT2D eigenvalue weighted by atomic mass is 10.4. The molecule has 1 atom stereocenters. The standard InChI is InChI=1S/C6H15NO/c1-4-7-5-6(2)8-3/h6-7H,4-5H2,1-3H3/t6-/m0/s1. The Morgan fingerprint density at radius 1 is 1.62 bits per heavy atom. The summed E-state index contributed by atoms with van der Waals surface area (Å²) in [6.45, 7) is 6.10. The zero-order valence-corrected chi connectivity index (χ0v) is 5.90. The van der Waals surface area contributed by atoms with Gasteiger partial charge in [0, 0.05) is 13.7 Å². The van der Waals surface area contributed by atoms with Crippen molar-refractivity contribution in [2.45, 2.75) is 20.0 Å². The predicted molar refractivity (Wildman–Crippen MR) is 35.0 cm³/mol. The fourth-order valence-corrected chi connectivity index (χ4v) is 0.431. The van der Waals surface area contributed by atoms with Crippen molar-refractivity contribution < 1.29 is 4.74 Å². The van der Waals surface area contributed by atoms with Gasteiger partial charge in [0.25, 0.3) is 0 Å². The van der Waals surface area contributed by atoms with E-state index in [1.165, 1.54) is 0 Å². The zero-order valence-electron chi connectivity index (χ0n) is 5.90. The molecule has 0 saturated carbocycles. The second-order valence-corrected chi connectivity index (χ2v) is 1.85. The fraction of sp³-hybridized carbons (Fsp3) is 1.00. The summed E-state index contributed by atoms with van der Waals surface area (Å²) in [6.07, 6.45) is 0.343. The summed E-state index contributed by atoms with van der Waals surface area (Å²) in [5.74, 6) is 0. The van der Waals surface area contributed by atoms with Crippen molar-refractivity contribution in [1.29, 1.82) is 0 Å². The Morgan fingerprint density at radius 3 is 2.62 bits per heavy atom. The van der Waals surface area contributed by atoms with E-state index in [0.717, 1.165) is 13.1 Å². The number of ether oxygens (including phenoxy) is 1. The van der Waals surface area contributed by atoms with E-state index in [9.17, 15) is 0 Å². The molecule has 0 aliphatic heterocycles. The molecular weight excluding hydrogens is 102 g/mol. The van der Waals surface area contributed by atoms with E-state index < -0.39 is 0 Å². The van der Waals surface area contributed by atoms with Gasteiger partial charge in [0.1, 0.15) is 0 Å². The van der Waals surface area contributed by atoms with Gasteiger partial charge in [0.15, 0.2) is 0 Å². The minimum Gasteiger partial charge on any atom is -0.380 e. The summed E-state index contributed by atoms with van der Waals surface area (Å²) in [6, 6.07) is 0. The fourth-order valence-electron chi connectivity index (χ4n) is 0.431. The molecule has 0 aliphatic rings. The highest BCUT2D eigenvalue weighted by atomic mass is 16.5. The van der Waals surface area contributed by atoms with E-state index in [4.69, 9.17) is 4.74 Å². The molecule has 2 nitrogen and oxygen atoms in total. The molecule has 0 aromatic heterocycles. The number of methoxy groups -OCH3 is 1. The molecule has 0 bridgehead atoms. The van der Waals surface area contributed by atoms with Crippen molar-refractivity contribution in [2.75, 3.05) is 20.2 Å². The lowest BCUT2D eigenvalue weighted by Gasteiger charge is -2.07. The Bertz CT molecular complexity index is 47.8. The van der Waals surface area contributed by atoms with Crippen LogP contribution in [0.1, 0.15) is 13.8 Å². The van der Waals surface area contributed by atoms with E-state index in [0.29, 0.717) is 6.10 Å². The molecule has 50 valence electrons. The van der Waals surface area contributed by atoms with E-state index in [1.54, 1.807) is 7.11 Å². The summed E-state index contributed by atoms with van der Waals surface area (Å²) in [5, 5.41) is 3.17. The number of hydrogen-bond acceptors (Lipinski definition) is 2. The first-order valence-electron chi connectivity index (χ1n) is 3.04. The van der Waals surface area contributed by atoms with E-state index in [2.05, 4.69) is 12.2 Å². The summed E-state index contributed by atoms with van der Waals surface area (Å²) < 4.78 is 4.99. The molecule has 0 saturated heterocycles. The molecule has 0 aromatic rings. The van der Waals surface area contributed by atoms with Crippen LogP contribution in [0.15, 0.2) is 0 Å². The second kappa shape index (κ2) is 5.06. The summed E-state index contributed by atoms with van der Waals surface area (Å²) in [5.41, 5.74) is 0. The quantitative estimate of drug-likeness (QED) is 0.583. The van der Waals surface area contributed by atoms with Crippen LogP contribution < -0.4 is 5.32 Å². The van der Waals surface area contributed by atoms with Crippen LogP contribution >= 0.6 is 0 Å². The number of likely N-dealkylation sites (N-methyl/N-ethyl adjacent to an activating group) is 1. The van der Waals surface area contributed by atoms with Crippen LogP contribution in [0, 0.1) is 0 Å². The van der Waals surface area contributed by atoms with Gasteiger partial charge in [-0.3, -0.25) is 0 Å². The Labute approximate surface area is 51.2 Å². The highest BCUT2D eigenvalue weighted by molar-refractivity contribution is 4.50. The maximum Gasteiger partial charge on any atom is 0.0667 e. The minimum atomic E-state index is 0.343. The monoisotopic (exact) mass is 117 g/mol. The first-order valence-corrected chi connectivity index (χ1v) is 3.04. The SMILES string of the molecule is CCNC[C@H](C)OC. The first kappa shape index (κ1) is 7.92. The Balaban J connectivity index is 2.86. The number of rotatable bonds is 4. The highest BCUT2D eigenvalue weighted by Crippen LogP contribution is 1.81. The molecule has 0 aromatic carbocycles. The third-order valence-electron chi connectivity index (χ3n) is 1.08. The Kier molecular flexibility index (Phi) is 5.01. The topological polar surface area (TPSA) is 21.3 Å². The normalized spacial score (nSPS) is 13.9. The Morgan fingerprint density at radius 2 is 2.25 bits per heavy atom. The molecule has 2 heteroatoms. The van der Waals surface area contributed by atoms with Gasteiger partial charge in [-0.1, -0.05) is 6.92 Å². The van der Waals surface area contributed by atoms with Crippen molar-refractivity contribution in [2.24, 2.45) is 0 Å². The molecule has 0 aliphatic carbocycles. The van der Waals surface area contributed by atoms with E-state index >= 15 is 0 Å². The van der Waals surface area contributed by atoms with Crippen LogP contribution in [0.4, 0.5) is 0 Å². The summed E-state index contributed by atoms with van der Waals surface area (Å²) >= 11 is 0. The molecule has 0 spiro atoms. The lowest BCUT2D eigenvalue weighted by Crippen LogP contribution is -2.25. The molecule has 0 unspecified atom stereocenters.